The van der Waals surface area contributed by atoms with Crippen molar-refractivity contribution >= 4 is 21.8 Å². The summed E-state index contributed by atoms with van der Waals surface area (Å²) in [6.45, 7) is 8.95. The summed E-state index contributed by atoms with van der Waals surface area (Å²) in [6, 6.07) is 12.9. The Bertz CT molecular complexity index is 1360. The number of carbonyl (C=O) groups excluding carboxylic acids is 2. The second-order valence-corrected chi connectivity index (χ2v) is 14.5. The number of aliphatic hydroxyl groups excluding tert-OH is 1. The predicted octanol–water partition coefficient (Wildman–Crippen LogP) is 3.29. The maximum absolute atomic E-state index is 14.0. The standard InChI is InChI=1S/C33H48N4O6S/c1-5-24(4)18-32(39)37(35-33(40)28-12-9-16-34-28)29(19-25-10-7-6-8-11-25)30(38)22-36(21-23(2)3)44(41,42)27-13-14-31-26(20-27)15-17-43-31/h6-8,10-11,13-14,20,23-24,28-30,34,38H,5,9,12,15-19,21-22H2,1-4H3,(H,35,40)/t24-,28?,29-,30+/m0/s1. The molecule has 0 aliphatic carbocycles. The number of amides is 2. The number of carbonyl (C=O) groups is 2. The molecule has 4 rings (SSSR count). The average molecular weight is 629 g/mol. The van der Waals surface area contributed by atoms with Crippen LogP contribution in [-0.4, -0.2) is 79.1 Å². The first-order chi connectivity index (χ1) is 21.0. The van der Waals surface area contributed by atoms with Gasteiger partial charge in [-0.2, -0.15) is 4.31 Å². The van der Waals surface area contributed by atoms with E-state index < -0.39 is 28.2 Å². The Labute approximate surface area is 262 Å². The van der Waals surface area contributed by atoms with E-state index in [2.05, 4.69) is 10.7 Å². The minimum Gasteiger partial charge on any atom is -0.493 e. The van der Waals surface area contributed by atoms with E-state index in [0.717, 1.165) is 24.0 Å². The fourth-order valence-corrected chi connectivity index (χ4v) is 7.38. The minimum atomic E-state index is -4.01. The first-order valence-corrected chi connectivity index (χ1v) is 17.3. The average Bonchev–Trinajstić information content (AvgIpc) is 3.71. The van der Waals surface area contributed by atoms with Crippen molar-refractivity contribution in [3.05, 3.63) is 59.7 Å². The number of hydrogen-bond donors (Lipinski definition) is 3. The predicted molar refractivity (Wildman–Crippen MR) is 169 cm³/mol. The van der Waals surface area contributed by atoms with Crippen molar-refractivity contribution in [3.63, 3.8) is 0 Å². The summed E-state index contributed by atoms with van der Waals surface area (Å²) in [7, 11) is -4.01. The molecule has 2 aromatic carbocycles. The van der Waals surface area contributed by atoms with E-state index in [1.807, 2.05) is 58.0 Å². The first kappa shape index (κ1) is 33.9. The zero-order valence-electron chi connectivity index (χ0n) is 26.4. The van der Waals surface area contributed by atoms with Crippen LogP contribution >= 0.6 is 0 Å². The first-order valence-electron chi connectivity index (χ1n) is 15.8. The molecule has 1 unspecified atom stereocenters. The van der Waals surface area contributed by atoms with Crippen LogP contribution in [0.25, 0.3) is 0 Å². The molecule has 3 N–H and O–H groups in total. The van der Waals surface area contributed by atoms with Crippen molar-refractivity contribution in [2.75, 3.05) is 26.2 Å². The lowest BCUT2D eigenvalue weighted by Crippen LogP contribution is -2.61. The normalized spacial score (nSPS) is 18.5. The lowest BCUT2D eigenvalue weighted by molar-refractivity contribution is -0.149. The monoisotopic (exact) mass is 628 g/mol. The molecule has 2 aromatic rings. The molecule has 242 valence electrons. The van der Waals surface area contributed by atoms with Gasteiger partial charge in [0.25, 0.3) is 5.91 Å². The molecule has 4 atom stereocenters. The summed E-state index contributed by atoms with van der Waals surface area (Å²) in [5.41, 5.74) is 4.53. The van der Waals surface area contributed by atoms with E-state index in [-0.39, 0.29) is 54.5 Å². The maximum atomic E-state index is 14.0. The molecule has 44 heavy (non-hydrogen) atoms. The Morgan fingerprint density at radius 3 is 2.52 bits per heavy atom. The number of fused-ring (bicyclic) bond motifs is 1. The van der Waals surface area contributed by atoms with E-state index in [1.54, 1.807) is 12.1 Å². The van der Waals surface area contributed by atoms with Crippen molar-refractivity contribution in [1.82, 2.24) is 20.1 Å². The van der Waals surface area contributed by atoms with Crippen LogP contribution < -0.4 is 15.5 Å². The second-order valence-electron chi connectivity index (χ2n) is 12.5. The third-order valence-corrected chi connectivity index (χ3v) is 10.2. The second kappa shape index (κ2) is 15.3. The van der Waals surface area contributed by atoms with E-state index in [0.29, 0.717) is 31.7 Å². The molecule has 0 bridgehead atoms. The number of rotatable bonds is 14. The fourth-order valence-electron chi connectivity index (χ4n) is 5.71. The molecule has 1 saturated heterocycles. The van der Waals surface area contributed by atoms with Gasteiger partial charge in [-0.25, -0.2) is 13.4 Å². The highest BCUT2D eigenvalue weighted by molar-refractivity contribution is 7.89. The van der Waals surface area contributed by atoms with Crippen molar-refractivity contribution < 1.29 is 27.9 Å². The van der Waals surface area contributed by atoms with Crippen LogP contribution in [0.5, 0.6) is 5.75 Å². The summed E-state index contributed by atoms with van der Waals surface area (Å²) in [6.07, 6.45) is 2.00. The lowest BCUT2D eigenvalue weighted by atomic mass is 9.98. The van der Waals surface area contributed by atoms with Gasteiger partial charge in [-0.3, -0.25) is 15.0 Å². The topological polar surface area (TPSA) is 128 Å². The maximum Gasteiger partial charge on any atom is 0.255 e. The SMILES string of the molecule is CC[C@H](C)CC(=O)N(NC(=O)C1CCCN1)[C@@H](Cc1ccccc1)[C@H](O)CN(CC(C)C)S(=O)(=O)c1ccc2c(c1)CCO2. The van der Waals surface area contributed by atoms with Crippen LogP contribution in [0.1, 0.15) is 64.5 Å². The highest BCUT2D eigenvalue weighted by atomic mass is 32.2. The van der Waals surface area contributed by atoms with Gasteiger partial charge in [-0.15, -0.1) is 0 Å². The molecule has 0 spiro atoms. The Morgan fingerprint density at radius 1 is 1.11 bits per heavy atom. The number of benzene rings is 2. The van der Waals surface area contributed by atoms with Gasteiger partial charge in [0.05, 0.1) is 29.7 Å². The summed E-state index contributed by atoms with van der Waals surface area (Å²) >= 11 is 0. The summed E-state index contributed by atoms with van der Waals surface area (Å²) in [4.78, 5) is 27.3. The summed E-state index contributed by atoms with van der Waals surface area (Å²) < 4.78 is 35.0. The number of sulfonamides is 1. The molecule has 10 nitrogen and oxygen atoms in total. The van der Waals surface area contributed by atoms with E-state index in [9.17, 15) is 23.1 Å². The fraction of sp³-hybridized carbons (Fsp3) is 0.576. The zero-order valence-corrected chi connectivity index (χ0v) is 27.2. The molecule has 2 aliphatic heterocycles. The van der Waals surface area contributed by atoms with Crippen molar-refractivity contribution in [2.24, 2.45) is 11.8 Å². The molecule has 2 aliphatic rings. The number of hydrogen-bond acceptors (Lipinski definition) is 7. The number of ether oxygens (including phenoxy) is 1. The van der Waals surface area contributed by atoms with Gasteiger partial charge in [0.2, 0.25) is 15.9 Å². The van der Waals surface area contributed by atoms with E-state index in [4.69, 9.17) is 4.74 Å². The Kier molecular flexibility index (Phi) is 11.8. The number of hydrazine groups is 1. The molecular weight excluding hydrogens is 580 g/mol. The molecular formula is C33H48N4O6S. The lowest BCUT2D eigenvalue weighted by Gasteiger charge is -2.38. The number of nitrogens with zero attached hydrogens (tertiary/aromatic N) is 2. The van der Waals surface area contributed by atoms with Crippen LogP contribution in [0.3, 0.4) is 0 Å². The van der Waals surface area contributed by atoms with Gasteiger partial charge >= 0.3 is 0 Å². The number of nitrogens with one attached hydrogen (secondary N) is 2. The van der Waals surface area contributed by atoms with Gasteiger partial charge in [-0.05, 0) is 67.0 Å². The Morgan fingerprint density at radius 2 is 1.86 bits per heavy atom. The van der Waals surface area contributed by atoms with Crippen LogP contribution in [-0.2, 0) is 32.5 Å². The van der Waals surface area contributed by atoms with E-state index >= 15 is 0 Å². The smallest absolute Gasteiger partial charge is 0.255 e. The minimum absolute atomic E-state index is 0.0291. The summed E-state index contributed by atoms with van der Waals surface area (Å²) in [5.74, 6) is 0.0614. The van der Waals surface area contributed by atoms with Gasteiger partial charge in [0, 0.05) is 25.9 Å². The van der Waals surface area contributed by atoms with Crippen molar-refractivity contribution in [1.29, 1.82) is 0 Å². The Balaban J connectivity index is 1.68. The molecule has 0 aromatic heterocycles. The molecule has 0 saturated carbocycles. The van der Waals surface area contributed by atoms with Crippen LogP contribution in [0.4, 0.5) is 0 Å². The third kappa shape index (κ3) is 8.59. The summed E-state index contributed by atoms with van der Waals surface area (Å²) in [5, 5.41) is 16.4. The van der Waals surface area contributed by atoms with Gasteiger partial charge in [0.1, 0.15) is 5.75 Å². The molecule has 2 amide bonds. The van der Waals surface area contributed by atoms with Crippen molar-refractivity contribution in [2.45, 2.75) is 89.3 Å². The highest BCUT2D eigenvalue weighted by Gasteiger charge is 2.37. The molecule has 0 radical (unpaired) electrons. The van der Waals surface area contributed by atoms with Crippen LogP contribution in [0.15, 0.2) is 53.4 Å². The van der Waals surface area contributed by atoms with Crippen LogP contribution in [0, 0.1) is 11.8 Å². The largest absolute Gasteiger partial charge is 0.493 e. The van der Waals surface area contributed by atoms with Crippen LogP contribution in [0.2, 0.25) is 0 Å². The molecule has 1 fully saturated rings. The van der Waals surface area contributed by atoms with Gasteiger partial charge in [0.15, 0.2) is 0 Å². The van der Waals surface area contributed by atoms with E-state index in [1.165, 1.54) is 15.4 Å². The Hall–Kier alpha value is -2.99. The third-order valence-electron chi connectivity index (χ3n) is 8.42. The highest BCUT2D eigenvalue weighted by Crippen LogP contribution is 2.30. The van der Waals surface area contributed by atoms with Gasteiger partial charge < -0.3 is 15.2 Å². The molecule has 2 heterocycles. The molecule has 11 heteroatoms. The van der Waals surface area contributed by atoms with Crippen molar-refractivity contribution in [3.8, 4) is 5.75 Å². The number of aliphatic hydroxyl groups is 1. The zero-order chi connectivity index (χ0) is 31.9. The van der Waals surface area contributed by atoms with Gasteiger partial charge in [-0.1, -0.05) is 64.4 Å². The quantitative estimate of drug-likeness (QED) is 0.274.